The van der Waals surface area contributed by atoms with Gasteiger partial charge in [0, 0.05) is 11.3 Å². The van der Waals surface area contributed by atoms with Gasteiger partial charge in [-0.3, -0.25) is 14.5 Å². The smallest absolute Gasteiger partial charge is 0.324 e. The van der Waals surface area contributed by atoms with Gasteiger partial charge in [-0.25, -0.2) is 13.6 Å². The van der Waals surface area contributed by atoms with Gasteiger partial charge in [0.15, 0.2) is 0 Å². The van der Waals surface area contributed by atoms with Crippen LogP contribution in [0.25, 0.3) is 0 Å². The van der Waals surface area contributed by atoms with Crippen LogP contribution in [0, 0.1) is 18.6 Å². The minimum Gasteiger partial charge on any atom is -0.324 e. The first-order valence-electron chi connectivity index (χ1n) is 9.15. The topological polar surface area (TPSA) is 78.5 Å². The van der Waals surface area contributed by atoms with Crippen LogP contribution in [0.2, 0.25) is 0 Å². The van der Waals surface area contributed by atoms with Crippen molar-refractivity contribution >= 4 is 23.5 Å². The van der Waals surface area contributed by atoms with Crippen LogP contribution < -0.4 is 10.6 Å². The summed E-state index contributed by atoms with van der Waals surface area (Å²) in [6.45, 7) is 4.52. The van der Waals surface area contributed by atoms with Crippen molar-refractivity contribution in [3.63, 3.8) is 0 Å². The number of amides is 4. The molecule has 1 saturated heterocycles. The summed E-state index contributed by atoms with van der Waals surface area (Å²) in [5.41, 5.74) is 0.293. The highest BCUT2D eigenvalue weighted by atomic mass is 19.1. The molecule has 4 amide bonds. The first kappa shape index (κ1) is 20.4. The zero-order valence-corrected chi connectivity index (χ0v) is 16.3. The molecule has 1 heterocycles. The van der Waals surface area contributed by atoms with Crippen molar-refractivity contribution < 1.29 is 23.2 Å². The minimum atomic E-state index is -1.80. The average Bonchev–Trinajstić information content (AvgIpc) is 2.89. The molecule has 1 fully saturated rings. The highest BCUT2D eigenvalue weighted by molar-refractivity contribution is 6.10. The normalized spacial score (nSPS) is 18.7. The lowest BCUT2D eigenvalue weighted by Gasteiger charge is -2.23. The molecule has 8 heteroatoms. The van der Waals surface area contributed by atoms with Crippen LogP contribution in [0.1, 0.15) is 30.5 Å². The fraction of sp³-hybridized carbons (Fsp3) is 0.286. The third-order valence-corrected chi connectivity index (χ3v) is 5.05. The van der Waals surface area contributed by atoms with Crippen LogP contribution in [0.15, 0.2) is 36.4 Å². The second kappa shape index (κ2) is 7.62. The van der Waals surface area contributed by atoms with Gasteiger partial charge in [0.1, 0.15) is 23.7 Å². The fourth-order valence-electron chi connectivity index (χ4n) is 3.43. The molecule has 152 valence electrons. The number of hydrogen-bond donors (Lipinski definition) is 2. The summed E-state index contributed by atoms with van der Waals surface area (Å²) in [7, 11) is 0. The summed E-state index contributed by atoms with van der Waals surface area (Å²) in [5.74, 6) is -2.97. The molecule has 2 aromatic rings. The van der Waals surface area contributed by atoms with E-state index in [1.54, 1.807) is 0 Å². The second-order valence-electron chi connectivity index (χ2n) is 7.08. The van der Waals surface area contributed by atoms with Crippen molar-refractivity contribution in [1.29, 1.82) is 0 Å². The lowest BCUT2D eigenvalue weighted by Crippen LogP contribution is -2.42. The monoisotopic (exact) mass is 401 g/mol. The predicted octanol–water partition coefficient (Wildman–Crippen LogP) is 3.24. The summed E-state index contributed by atoms with van der Waals surface area (Å²) >= 11 is 0. The van der Waals surface area contributed by atoms with Crippen molar-refractivity contribution in [2.24, 2.45) is 0 Å². The number of carbonyl (C=O) groups excluding carboxylic acids is 3. The van der Waals surface area contributed by atoms with Crippen molar-refractivity contribution in [2.45, 2.75) is 32.7 Å². The van der Waals surface area contributed by atoms with E-state index in [1.807, 2.05) is 32.0 Å². The quantitative estimate of drug-likeness (QED) is 0.755. The van der Waals surface area contributed by atoms with Crippen LogP contribution in [-0.2, 0) is 21.5 Å². The van der Waals surface area contributed by atoms with Crippen LogP contribution >= 0.6 is 0 Å². The number of benzene rings is 2. The molecule has 2 N–H and O–H groups in total. The molecule has 0 aliphatic carbocycles. The molecule has 0 radical (unpaired) electrons. The standard InChI is InChI=1S/C21H21F2N3O3/c1-4-13-7-5-6-12(2)18(13)24-17(27)11-26-19(28)21(3,25-20(26)29)15-10-14(22)8-9-16(15)23/h5-10H,4,11H2,1-3H3,(H,24,27)(H,25,29). The predicted molar refractivity (Wildman–Crippen MR) is 103 cm³/mol. The van der Waals surface area contributed by atoms with Crippen LogP contribution in [0.5, 0.6) is 0 Å². The van der Waals surface area contributed by atoms with Gasteiger partial charge in [-0.15, -0.1) is 0 Å². The van der Waals surface area contributed by atoms with Crippen molar-refractivity contribution in [3.05, 3.63) is 64.7 Å². The number of nitrogens with zero attached hydrogens (tertiary/aromatic N) is 1. The fourth-order valence-corrected chi connectivity index (χ4v) is 3.43. The highest BCUT2D eigenvalue weighted by Crippen LogP contribution is 2.31. The molecule has 1 atom stereocenters. The van der Waals surface area contributed by atoms with Gasteiger partial charge in [-0.1, -0.05) is 25.1 Å². The maximum atomic E-state index is 14.2. The van der Waals surface area contributed by atoms with Gasteiger partial charge in [0.05, 0.1) is 0 Å². The first-order valence-corrected chi connectivity index (χ1v) is 9.15. The number of para-hydroxylation sites is 1. The summed E-state index contributed by atoms with van der Waals surface area (Å²) in [5, 5.41) is 5.11. The maximum Gasteiger partial charge on any atom is 0.325 e. The minimum absolute atomic E-state index is 0.300. The highest BCUT2D eigenvalue weighted by Gasteiger charge is 2.50. The molecule has 1 aliphatic heterocycles. The number of anilines is 1. The third kappa shape index (κ3) is 3.70. The molecule has 1 unspecified atom stereocenters. The Morgan fingerprint density at radius 3 is 2.62 bits per heavy atom. The molecule has 0 bridgehead atoms. The Morgan fingerprint density at radius 1 is 1.21 bits per heavy atom. The number of aryl methyl sites for hydroxylation is 2. The molecule has 0 aromatic heterocycles. The van der Waals surface area contributed by atoms with E-state index in [9.17, 15) is 23.2 Å². The Hall–Kier alpha value is -3.29. The van der Waals surface area contributed by atoms with Gasteiger partial charge >= 0.3 is 6.03 Å². The van der Waals surface area contributed by atoms with E-state index in [-0.39, 0.29) is 5.56 Å². The SMILES string of the molecule is CCc1cccc(C)c1NC(=O)CN1C(=O)NC(C)(c2cc(F)ccc2F)C1=O. The number of rotatable bonds is 5. The Labute approximate surface area is 166 Å². The molecular weight excluding hydrogens is 380 g/mol. The van der Waals surface area contributed by atoms with Gasteiger partial charge in [-0.2, -0.15) is 0 Å². The third-order valence-electron chi connectivity index (χ3n) is 5.05. The first-order chi connectivity index (χ1) is 13.7. The second-order valence-corrected chi connectivity index (χ2v) is 7.08. The molecular formula is C21H21F2N3O3. The number of nitrogens with one attached hydrogen (secondary N) is 2. The van der Waals surface area contributed by atoms with Crippen molar-refractivity contribution in [3.8, 4) is 0 Å². The Morgan fingerprint density at radius 2 is 1.93 bits per heavy atom. The molecule has 29 heavy (non-hydrogen) atoms. The van der Waals surface area contributed by atoms with Crippen LogP contribution in [0.3, 0.4) is 0 Å². The number of hydrogen-bond acceptors (Lipinski definition) is 3. The largest absolute Gasteiger partial charge is 0.325 e. The summed E-state index contributed by atoms with van der Waals surface area (Å²) < 4.78 is 27.8. The maximum absolute atomic E-state index is 14.2. The van der Waals surface area contributed by atoms with Crippen LogP contribution in [0.4, 0.5) is 19.3 Å². The zero-order valence-electron chi connectivity index (χ0n) is 16.3. The molecule has 2 aromatic carbocycles. The molecule has 1 aliphatic rings. The van der Waals surface area contributed by atoms with Gasteiger partial charge in [0.25, 0.3) is 5.91 Å². The van der Waals surface area contributed by atoms with Gasteiger partial charge in [-0.05, 0) is 49.6 Å². The van der Waals surface area contributed by atoms with Crippen molar-refractivity contribution in [2.75, 3.05) is 11.9 Å². The summed E-state index contributed by atoms with van der Waals surface area (Å²) in [4.78, 5) is 38.4. The van der Waals surface area contributed by atoms with Gasteiger partial charge < -0.3 is 10.6 Å². The number of imide groups is 1. The van der Waals surface area contributed by atoms with Crippen molar-refractivity contribution in [1.82, 2.24) is 10.2 Å². The number of urea groups is 1. The molecule has 0 spiro atoms. The molecule has 6 nitrogen and oxygen atoms in total. The Balaban J connectivity index is 1.82. The van der Waals surface area contributed by atoms with Crippen LogP contribution in [-0.4, -0.2) is 29.3 Å². The molecule has 0 saturated carbocycles. The average molecular weight is 401 g/mol. The Bertz CT molecular complexity index is 1010. The Kier molecular flexibility index (Phi) is 5.37. The summed E-state index contributed by atoms with van der Waals surface area (Å²) in [6.07, 6.45) is 0.692. The van der Waals surface area contributed by atoms with E-state index < -0.39 is 41.6 Å². The number of carbonyl (C=O) groups is 3. The van der Waals surface area contributed by atoms with E-state index >= 15 is 0 Å². The van der Waals surface area contributed by atoms with E-state index in [0.29, 0.717) is 17.0 Å². The zero-order chi connectivity index (χ0) is 21.3. The van der Waals surface area contributed by atoms with E-state index in [0.717, 1.165) is 29.3 Å². The van der Waals surface area contributed by atoms with E-state index in [2.05, 4.69) is 10.6 Å². The lowest BCUT2D eigenvalue weighted by molar-refractivity contribution is -0.133. The summed E-state index contributed by atoms with van der Waals surface area (Å²) in [6, 6.07) is 7.40. The van der Waals surface area contributed by atoms with Gasteiger partial charge in [0.2, 0.25) is 5.91 Å². The number of halogens is 2. The molecule has 3 rings (SSSR count). The lowest BCUT2D eigenvalue weighted by atomic mass is 9.91. The van der Waals surface area contributed by atoms with E-state index in [1.165, 1.54) is 6.92 Å². The van der Waals surface area contributed by atoms with E-state index in [4.69, 9.17) is 0 Å².